The molecule has 0 aromatic rings. The minimum Gasteiger partial charge on any atom is -0.393 e. The minimum atomic E-state index is -4.09. The lowest BCUT2D eigenvalue weighted by Crippen LogP contribution is -2.20. The van der Waals surface area contributed by atoms with Gasteiger partial charge < -0.3 is 5.11 Å². The van der Waals surface area contributed by atoms with Gasteiger partial charge in [-0.25, -0.2) is 0 Å². The number of halogens is 3. The van der Waals surface area contributed by atoms with Crippen LogP contribution in [0.25, 0.3) is 0 Å². The molecular weight excluding hydrogens is 193 g/mol. The number of hydrogen-bond donors (Lipinski definition) is 1. The fraction of sp³-hybridized carbons (Fsp3) is 1.00. The average molecular weight is 212 g/mol. The molecular formula is C10H19F3O. The summed E-state index contributed by atoms with van der Waals surface area (Å²) in [6, 6.07) is 0. The molecule has 4 heteroatoms. The van der Waals surface area contributed by atoms with Crippen LogP contribution in [0.5, 0.6) is 0 Å². The van der Waals surface area contributed by atoms with Crippen LogP contribution in [0, 0.1) is 5.92 Å². The second kappa shape index (κ2) is 6.27. The van der Waals surface area contributed by atoms with Gasteiger partial charge in [0.15, 0.2) is 0 Å². The molecule has 0 amide bonds. The molecule has 0 heterocycles. The van der Waals surface area contributed by atoms with E-state index in [4.69, 9.17) is 0 Å². The van der Waals surface area contributed by atoms with E-state index in [0.717, 1.165) is 12.8 Å². The van der Waals surface area contributed by atoms with Crippen molar-refractivity contribution in [3.05, 3.63) is 0 Å². The van der Waals surface area contributed by atoms with Crippen molar-refractivity contribution in [1.29, 1.82) is 0 Å². The van der Waals surface area contributed by atoms with Gasteiger partial charge in [-0.1, -0.05) is 26.7 Å². The van der Waals surface area contributed by atoms with Crippen LogP contribution < -0.4 is 0 Å². The zero-order valence-corrected chi connectivity index (χ0v) is 8.77. The molecule has 0 aromatic carbocycles. The molecule has 0 saturated carbocycles. The lowest BCUT2D eigenvalue weighted by molar-refractivity contribution is -0.136. The summed E-state index contributed by atoms with van der Waals surface area (Å²) in [6.45, 7) is 3.89. The van der Waals surface area contributed by atoms with Gasteiger partial charge in [0.2, 0.25) is 0 Å². The van der Waals surface area contributed by atoms with E-state index < -0.39 is 18.7 Å². The Morgan fingerprint density at radius 1 is 1.14 bits per heavy atom. The van der Waals surface area contributed by atoms with Crippen LogP contribution >= 0.6 is 0 Å². The van der Waals surface area contributed by atoms with E-state index in [9.17, 15) is 18.3 Å². The van der Waals surface area contributed by atoms with E-state index in [2.05, 4.69) is 0 Å². The molecule has 0 fully saturated rings. The van der Waals surface area contributed by atoms with Gasteiger partial charge in [0.1, 0.15) is 0 Å². The molecule has 0 saturated heterocycles. The fourth-order valence-corrected chi connectivity index (χ4v) is 1.58. The van der Waals surface area contributed by atoms with E-state index in [0.29, 0.717) is 0 Å². The maximum Gasteiger partial charge on any atom is 0.389 e. The number of alkyl halides is 3. The molecule has 0 bridgehead atoms. The Hall–Kier alpha value is -0.250. The second-order valence-corrected chi connectivity index (χ2v) is 3.65. The monoisotopic (exact) mass is 212 g/mol. The van der Waals surface area contributed by atoms with Gasteiger partial charge in [-0.15, -0.1) is 0 Å². The molecule has 0 rings (SSSR count). The summed E-state index contributed by atoms with van der Waals surface area (Å²) in [7, 11) is 0. The summed E-state index contributed by atoms with van der Waals surface area (Å²) in [6.07, 6.45) is -3.52. The predicted octanol–water partition coefficient (Wildman–Crippen LogP) is 3.52. The van der Waals surface area contributed by atoms with Crippen LogP contribution in [0.4, 0.5) is 13.2 Å². The van der Waals surface area contributed by atoms with Crippen LogP contribution in [0.2, 0.25) is 0 Å². The van der Waals surface area contributed by atoms with Crippen molar-refractivity contribution in [1.82, 2.24) is 0 Å². The number of rotatable bonds is 6. The third-order valence-electron chi connectivity index (χ3n) is 2.55. The van der Waals surface area contributed by atoms with Gasteiger partial charge in [-0.05, 0) is 18.8 Å². The summed E-state index contributed by atoms with van der Waals surface area (Å²) in [4.78, 5) is 0. The van der Waals surface area contributed by atoms with Crippen LogP contribution in [0.15, 0.2) is 0 Å². The highest BCUT2D eigenvalue weighted by Crippen LogP contribution is 2.24. The zero-order chi connectivity index (χ0) is 11.2. The summed E-state index contributed by atoms with van der Waals surface area (Å²) >= 11 is 0. The molecule has 0 aliphatic heterocycles. The van der Waals surface area contributed by atoms with Gasteiger partial charge in [-0.3, -0.25) is 0 Å². The Kier molecular flexibility index (Phi) is 6.16. The fourth-order valence-electron chi connectivity index (χ4n) is 1.58. The molecule has 0 aromatic heterocycles. The Morgan fingerprint density at radius 3 is 2.00 bits per heavy atom. The van der Waals surface area contributed by atoms with Gasteiger partial charge in [-0.2, -0.15) is 13.2 Å². The van der Waals surface area contributed by atoms with Crippen LogP contribution in [0.1, 0.15) is 46.0 Å². The lowest BCUT2D eigenvalue weighted by atomic mass is 9.93. The Bertz CT molecular complexity index is 141. The third kappa shape index (κ3) is 6.24. The van der Waals surface area contributed by atoms with E-state index in [1.54, 1.807) is 0 Å². The van der Waals surface area contributed by atoms with Crippen molar-refractivity contribution in [2.24, 2.45) is 5.92 Å². The van der Waals surface area contributed by atoms with Crippen LogP contribution in [-0.2, 0) is 0 Å². The smallest absolute Gasteiger partial charge is 0.389 e. The molecule has 1 atom stereocenters. The average Bonchev–Trinajstić information content (AvgIpc) is 2.04. The first-order valence-electron chi connectivity index (χ1n) is 5.15. The first-order valence-corrected chi connectivity index (χ1v) is 5.15. The molecule has 0 aliphatic rings. The second-order valence-electron chi connectivity index (χ2n) is 3.65. The highest BCUT2D eigenvalue weighted by Gasteiger charge is 2.27. The SMILES string of the molecule is CCC(CC)C(O)CCCC(F)(F)F. The topological polar surface area (TPSA) is 20.2 Å². The van der Waals surface area contributed by atoms with Crippen molar-refractivity contribution in [3.63, 3.8) is 0 Å². The molecule has 1 N–H and O–H groups in total. The van der Waals surface area contributed by atoms with E-state index in [-0.39, 0.29) is 18.8 Å². The standard InChI is InChI=1S/C10H19F3O/c1-3-8(4-2)9(14)6-5-7-10(11,12)13/h8-9,14H,3-7H2,1-2H3. The summed E-state index contributed by atoms with van der Waals surface area (Å²) in [5, 5.41) is 9.54. The number of hydrogen-bond acceptors (Lipinski definition) is 1. The van der Waals surface area contributed by atoms with E-state index >= 15 is 0 Å². The molecule has 0 radical (unpaired) electrons. The molecule has 1 unspecified atom stereocenters. The maximum atomic E-state index is 11.8. The predicted molar refractivity (Wildman–Crippen MR) is 50.0 cm³/mol. The van der Waals surface area contributed by atoms with Gasteiger partial charge in [0.05, 0.1) is 6.10 Å². The van der Waals surface area contributed by atoms with E-state index in [1.165, 1.54) is 0 Å². The molecule has 1 nitrogen and oxygen atoms in total. The summed E-state index contributed by atoms with van der Waals surface area (Å²) < 4.78 is 35.4. The van der Waals surface area contributed by atoms with Crippen molar-refractivity contribution in [3.8, 4) is 0 Å². The van der Waals surface area contributed by atoms with Crippen LogP contribution in [-0.4, -0.2) is 17.4 Å². The number of aliphatic hydroxyl groups excluding tert-OH is 1. The zero-order valence-electron chi connectivity index (χ0n) is 8.77. The maximum absolute atomic E-state index is 11.8. The summed E-state index contributed by atoms with van der Waals surface area (Å²) in [5.74, 6) is 0.142. The molecule has 0 aliphatic carbocycles. The first-order chi connectivity index (χ1) is 6.40. The number of aliphatic hydroxyl groups is 1. The largest absolute Gasteiger partial charge is 0.393 e. The van der Waals surface area contributed by atoms with E-state index in [1.807, 2.05) is 13.8 Å². The lowest BCUT2D eigenvalue weighted by Gasteiger charge is -2.20. The van der Waals surface area contributed by atoms with Crippen molar-refractivity contribution < 1.29 is 18.3 Å². The quantitative estimate of drug-likeness (QED) is 0.714. The Morgan fingerprint density at radius 2 is 1.64 bits per heavy atom. The van der Waals surface area contributed by atoms with Gasteiger partial charge in [0.25, 0.3) is 0 Å². The normalized spacial score (nSPS) is 14.8. The first kappa shape index (κ1) is 13.8. The van der Waals surface area contributed by atoms with Crippen molar-refractivity contribution >= 4 is 0 Å². The van der Waals surface area contributed by atoms with Gasteiger partial charge >= 0.3 is 6.18 Å². The molecule has 0 spiro atoms. The Balaban J connectivity index is 3.67. The van der Waals surface area contributed by atoms with Crippen molar-refractivity contribution in [2.75, 3.05) is 0 Å². The third-order valence-corrected chi connectivity index (χ3v) is 2.55. The summed E-state index contributed by atoms with van der Waals surface area (Å²) in [5.41, 5.74) is 0. The minimum absolute atomic E-state index is 0.0289. The molecule has 86 valence electrons. The highest BCUT2D eigenvalue weighted by molar-refractivity contribution is 4.67. The van der Waals surface area contributed by atoms with Gasteiger partial charge in [0, 0.05) is 6.42 Å². The van der Waals surface area contributed by atoms with Crippen LogP contribution in [0.3, 0.4) is 0 Å². The van der Waals surface area contributed by atoms with Crippen molar-refractivity contribution in [2.45, 2.75) is 58.2 Å². The Labute approximate surface area is 83.3 Å². The highest BCUT2D eigenvalue weighted by atomic mass is 19.4. The molecule has 14 heavy (non-hydrogen) atoms.